The van der Waals surface area contributed by atoms with Gasteiger partial charge >= 0.3 is 11.9 Å². The summed E-state index contributed by atoms with van der Waals surface area (Å²) in [6.07, 6.45) is 0.711. The van der Waals surface area contributed by atoms with Gasteiger partial charge in [0, 0.05) is 18.8 Å². The summed E-state index contributed by atoms with van der Waals surface area (Å²) in [5.74, 6) is -1.94. The molecule has 0 aromatic heterocycles. The maximum absolute atomic E-state index is 12.1. The van der Waals surface area contributed by atoms with Gasteiger partial charge in [0.1, 0.15) is 12.2 Å². The quantitative estimate of drug-likeness (QED) is 0.575. The Kier molecular flexibility index (Phi) is 3.84. The average Bonchev–Trinajstić information content (AvgIpc) is 2.87. The summed E-state index contributed by atoms with van der Waals surface area (Å²) in [6, 6.07) is 0. The Morgan fingerprint density at radius 2 is 2.17 bits per heavy atom. The van der Waals surface area contributed by atoms with E-state index in [-0.39, 0.29) is 17.8 Å². The van der Waals surface area contributed by atoms with Crippen LogP contribution in [0.1, 0.15) is 26.2 Å². The third kappa shape index (κ3) is 2.32. The number of fused-ring (bicyclic) bond motifs is 3. The van der Waals surface area contributed by atoms with E-state index in [1.165, 1.54) is 6.92 Å². The summed E-state index contributed by atoms with van der Waals surface area (Å²) in [4.78, 5) is 23.4. The molecule has 3 aliphatic rings. The van der Waals surface area contributed by atoms with Crippen molar-refractivity contribution in [3.63, 3.8) is 0 Å². The molecule has 1 saturated heterocycles. The molecule has 2 aliphatic carbocycles. The number of aliphatic hydroxyl groups is 2. The van der Waals surface area contributed by atoms with Crippen LogP contribution < -0.4 is 0 Å². The van der Waals surface area contributed by atoms with Crippen LogP contribution in [0.2, 0.25) is 0 Å². The zero-order chi connectivity index (χ0) is 16.9. The minimum atomic E-state index is -1.88. The van der Waals surface area contributed by atoms with Crippen molar-refractivity contribution in [1.82, 2.24) is 0 Å². The zero-order valence-corrected chi connectivity index (χ0v) is 13.2. The first-order valence-electron chi connectivity index (χ1n) is 7.87. The number of allylic oxidation sites excluding steroid dienone is 1. The molecule has 0 radical (unpaired) electrons. The molecule has 1 aliphatic heterocycles. The van der Waals surface area contributed by atoms with Crippen LogP contribution in [0.3, 0.4) is 0 Å². The Balaban J connectivity index is 1.95. The van der Waals surface area contributed by atoms with Gasteiger partial charge in [-0.25, -0.2) is 4.79 Å². The van der Waals surface area contributed by atoms with Crippen molar-refractivity contribution in [3.05, 3.63) is 24.3 Å². The minimum Gasteiger partial charge on any atom is -0.459 e. The molecule has 6 atom stereocenters. The average molecular weight is 322 g/mol. The SMILES string of the molecule is C=C1CCC2C(OC(=O)C2(O)CO)C2C(=C)C(OC(C)=O)CC12. The molecule has 3 rings (SSSR count). The standard InChI is InChI=1S/C17H22O6/c1-8-4-5-12-15(23-16(20)17(12,21)7-18)14-9(2)13(6-11(8)14)22-10(3)19/h11-15,18,21H,1-2,4-7H2,3H3. The molecule has 6 heteroatoms. The molecule has 0 bridgehead atoms. The van der Waals surface area contributed by atoms with Gasteiger partial charge in [0.05, 0.1) is 6.61 Å². The van der Waals surface area contributed by atoms with Crippen LogP contribution in [-0.4, -0.2) is 46.6 Å². The Morgan fingerprint density at radius 3 is 2.78 bits per heavy atom. The topological polar surface area (TPSA) is 93.1 Å². The summed E-state index contributed by atoms with van der Waals surface area (Å²) >= 11 is 0. The molecule has 0 aromatic carbocycles. The van der Waals surface area contributed by atoms with Gasteiger partial charge in [0.15, 0.2) is 5.60 Å². The minimum absolute atomic E-state index is 0.00399. The van der Waals surface area contributed by atoms with Crippen molar-refractivity contribution in [3.8, 4) is 0 Å². The Labute approximate surface area is 134 Å². The van der Waals surface area contributed by atoms with Crippen molar-refractivity contribution in [1.29, 1.82) is 0 Å². The fraction of sp³-hybridized carbons (Fsp3) is 0.647. The predicted octanol–water partition coefficient (Wildman–Crippen LogP) is 0.725. The first-order valence-corrected chi connectivity index (χ1v) is 7.87. The van der Waals surface area contributed by atoms with E-state index in [1.807, 2.05) is 0 Å². The molecular weight excluding hydrogens is 300 g/mol. The van der Waals surface area contributed by atoms with E-state index in [0.717, 1.165) is 5.57 Å². The Morgan fingerprint density at radius 1 is 1.48 bits per heavy atom. The Hall–Kier alpha value is -1.66. The van der Waals surface area contributed by atoms with E-state index in [1.54, 1.807) is 0 Å². The van der Waals surface area contributed by atoms with Crippen LogP contribution in [0.15, 0.2) is 24.3 Å². The second kappa shape index (κ2) is 5.46. The van der Waals surface area contributed by atoms with E-state index in [4.69, 9.17) is 9.47 Å². The monoisotopic (exact) mass is 322 g/mol. The maximum Gasteiger partial charge on any atom is 0.341 e. The van der Waals surface area contributed by atoms with Crippen molar-refractivity contribution in [2.24, 2.45) is 17.8 Å². The van der Waals surface area contributed by atoms with Gasteiger partial charge < -0.3 is 19.7 Å². The summed E-state index contributed by atoms with van der Waals surface area (Å²) in [5.41, 5.74) is -0.200. The predicted molar refractivity (Wildman–Crippen MR) is 80.1 cm³/mol. The zero-order valence-electron chi connectivity index (χ0n) is 13.2. The van der Waals surface area contributed by atoms with Crippen LogP contribution in [0.5, 0.6) is 0 Å². The van der Waals surface area contributed by atoms with E-state index in [0.29, 0.717) is 24.8 Å². The third-order valence-electron chi connectivity index (χ3n) is 5.55. The van der Waals surface area contributed by atoms with Crippen molar-refractivity contribution >= 4 is 11.9 Å². The maximum atomic E-state index is 12.1. The molecule has 3 fully saturated rings. The number of hydrogen-bond donors (Lipinski definition) is 2. The van der Waals surface area contributed by atoms with Crippen molar-refractivity contribution < 1.29 is 29.3 Å². The lowest BCUT2D eigenvalue weighted by molar-refractivity contribution is -0.159. The molecular formula is C17H22O6. The molecule has 6 unspecified atom stereocenters. The normalized spacial score (nSPS) is 42.7. The highest BCUT2D eigenvalue weighted by atomic mass is 16.6. The summed E-state index contributed by atoms with van der Waals surface area (Å²) in [7, 11) is 0. The molecule has 126 valence electrons. The van der Waals surface area contributed by atoms with E-state index in [2.05, 4.69) is 13.2 Å². The van der Waals surface area contributed by atoms with Crippen molar-refractivity contribution in [2.45, 2.75) is 44.0 Å². The van der Waals surface area contributed by atoms with Crippen LogP contribution in [-0.2, 0) is 19.1 Å². The summed E-state index contributed by atoms with van der Waals surface area (Å²) in [5, 5.41) is 20.0. The first-order chi connectivity index (χ1) is 10.8. The van der Waals surface area contributed by atoms with E-state index < -0.39 is 36.3 Å². The summed E-state index contributed by atoms with van der Waals surface area (Å²) in [6.45, 7) is 8.85. The Bertz CT molecular complexity index is 582. The van der Waals surface area contributed by atoms with Gasteiger partial charge in [0.25, 0.3) is 0 Å². The van der Waals surface area contributed by atoms with Gasteiger partial charge in [-0.3, -0.25) is 4.79 Å². The highest BCUT2D eigenvalue weighted by molar-refractivity contribution is 5.82. The second-order valence-electron chi connectivity index (χ2n) is 6.80. The number of aliphatic hydroxyl groups excluding tert-OH is 1. The molecule has 1 heterocycles. The number of rotatable bonds is 2. The highest BCUT2D eigenvalue weighted by Gasteiger charge is 2.62. The lowest BCUT2D eigenvalue weighted by Gasteiger charge is -2.28. The number of carbonyl (C=O) groups excluding carboxylic acids is 2. The van der Waals surface area contributed by atoms with Gasteiger partial charge in [0.2, 0.25) is 0 Å². The fourth-order valence-electron chi connectivity index (χ4n) is 4.35. The molecule has 2 N–H and O–H groups in total. The highest BCUT2D eigenvalue weighted by Crippen LogP contribution is 2.53. The second-order valence-corrected chi connectivity index (χ2v) is 6.80. The van der Waals surface area contributed by atoms with Crippen LogP contribution in [0, 0.1) is 17.8 Å². The lowest BCUT2D eigenvalue weighted by Crippen LogP contribution is -2.46. The number of esters is 2. The van der Waals surface area contributed by atoms with Crippen LogP contribution in [0.25, 0.3) is 0 Å². The van der Waals surface area contributed by atoms with E-state index >= 15 is 0 Å². The number of ether oxygens (including phenoxy) is 2. The molecule has 2 saturated carbocycles. The summed E-state index contributed by atoms with van der Waals surface area (Å²) < 4.78 is 10.8. The number of hydrogen-bond acceptors (Lipinski definition) is 6. The molecule has 0 spiro atoms. The van der Waals surface area contributed by atoms with Crippen LogP contribution >= 0.6 is 0 Å². The molecule has 0 amide bonds. The van der Waals surface area contributed by atoms with Gasteiger partial charge in [-0.15, -0.1) is 0 Å². The lowest BCUT2D eigenvalue weighted by atomic mass is 9.78. The van der Waals surface area contributed by atoms with Crippen LogP contribution in [0.4, 0.5) is 0 Å². The van der Waals surface area contributed by atoms with Crippen molar-refractivity contribution in [2.75, 3.05) is 6.61 Å². The van der Waals surface area contributed by atoms with Gasteiger partial charge in [-0.05, 0) is 30.8 Å². The largest absolute Gasteiger partial charge is 0.459 e. The van der Waals surface area contributed by atoms with E-state index in [9.17, 15) is 19.8 Å². The molecule has 0 aromatic rings. The third-order valence-corrected chi connectivity index (χ3v) is 5.55. The van der Waals surface area contributed by atoms with Gasteiger partial charge in [-0.1, -0.05) is 18.7 Å². The van der Waals surface area contributed by atoms with Gasteiger partial charge in [-0.2, -0.15) is 0 Å². The fourth-order valence-corrected chi connectivity index (χ4v) is 4.35. The number of carbonyl (C=O) groups is 2. The first kappa shape index (κ1) is 16.2. The molecule has 23 heavy (non-hydrogen) atoms. The smallest absolute Gasteiger partial charge is 0.341 e. The molecule has 6 nitrogen and oxygen atoms in total.